The lowest BCUT2D eigenvalue weighted by Crippen LogP contribution is -2.30. The Labute approximate surface area is 118 Å². The zero-order valence-corrected chi connectivity index (χ0v) is 14.2. The molecule has 0 aromatic carbocycles. The molecule has 1 rings (SSSR count). The van der Waals surface area contributed by atoms with Crippen molar-refractivity contribution in [3.8, 4) is 0 Å². The molecule has 0 aliphatic carbocycles. The maximum absolute atomic E-state index is 6.39. The molecule has 0 spiro atoms. The van der Waals surface area contributed by atoms with Gasteiger partial charge in [-0.15, -0.1) is 0 Å². The summed E-state index contributed by atoms with van der Waals surface area (Å²) in [5.41, 5.74) is 7.58. The summed E-state index contributed by atoms with van der Waals surface area (Å²) in [6, 6.07) is 0. The molecule has 0 fully saturated rings. The van der Waals surface area contributed by atoms with Crippen LogP contribution in [0.4, 0.5) is 5.82 Å². The molecule has 1 heterocycles. The van der Waals surface area contributed by atoms with E-state index >= 15 is 0 Å². The fourth-order valence-corrected chi connectivity index (χ4v) is 2.29. The molecule has 0 aliphatic rings. The third kappa shape index (κ3) is 3.74. The highest BCUT2D eigenvalue weighted by Crippen LogP contribution is 2.34. The van der Waals surface area contributed by atoms with Crippen molar-refractivity contribution in [3.63, 3.8) is 0 Å². The van der Waals surface area contributed by atoms with Crippen LogP contribution in [0.5, 0.6) is 0 Å². The molecule has 0 radical (unpaired) electrons. The highest BCUT2D eigenvalue weighted by atomic mass is 15.2. The number of nitrogens with two attached hydrogens (primary N) is 1. The van der Waals surface area contributed by atoms with Gasteiger partial charge in [0.2, 0.25) is 0 Å². The van der Waals surface area contributed by atoms with Crippen LogP contribution in [-0.4, -0.2) is 9.55 Å². The second-order valence-corrected chi connectivity index (χ2v) is 8.76. The number of aromatic nitrogens is 2. The van der Waals surface area contributed by atoms with Crippen LogP contribution in [-0.2, 0) is 17.4 Å². The van der Waals surface area contributed by atoms with Crippen LogP contribution in [0, 0.1) is 5.41 Å². The first-order chi connectivity index (χ1) is 8.23. The number of hydrogen-bond donors (Lipinski definition) is 1. The van der Waals surface area contributed by atoms with E-state index in [0.717, 1.165) is 23.8 Å². The number of hydrogen-bond acceptors (Lipinski definition) is 2. The molecule has 0 aliphatic heterocycles. The molecule has 110 valence electrons. The van der Waals surface area contributed by atoms with Gasteiger partial charge >= 0.3 is 0 Å². The minimum atomic E-state index is -0.0458. The SMILES string of the molecule is CC(C)(C)Cc1nc(C(C)(C)C)n(C(C)(C)C)c1N. The number of nitrogen functional groups attached to an aromatic ring is 1. The molecular formula is C16H31N3. The fourth-order valence-electron chi connectivity index (χ4n) is 2.29. The molecule has 0 saturated carbocycles. The zero-order chi connectivity index (χ0) is 15.2. The lowest BCUT2D eigenvalue weighted by atomic mass is 9.90. The lowest BCUT2D eigenvalue weighted by Gasteiger charge is -2.29. The van der Waals surface area contributed by atoms with Gasteiger partial charge in [0, 0.05) is 11.0 Å². The van der Waals surface area contributed by atoms with Crippen LogP contribution >= 0.6 is 0 Å². The van der Waals surface area contributed by atoms with Gasteiger partial charge in [-0.1, -0.05) is 41.5 Å². The largest absolute Gasteiger partial charge is 0.384 e. The van der Waals surface area contributed by atoms with E-state index in [0.29, 0.717) is 0 Å². The molecule has 3 heteroatoms. The number of nitrogens with zero attached hydrogens (tertiary/aromatic N) is 2. The van der Waals surface area contributed by atoms with Crippen molar-refractivity contribution < 1.29 is 0 Å². The van der Waals surface area contributed by atoms with Crippen molar-refractivity contribution in [2.75, 3.05) is 5.73 Å². The van der Waals surface area contributed by atoms with E-state index in [-0.39, 0.29) is 16.4 Å². The van der Waals surface area contributed by atoms with Crippen molar-refractivity contribution in [2.24, 2.45) is 5.41 Å². The Kier molecular flexibility index (Phi) is 3.83. The maximum atomic E-state index is 6.39. The first-order valence-electron chi connectivity index (χ1n) is 7.11. The van der Waals surface area contributed by atoms with Gasteiger partial charge in [0.05, 0.1) is 5.69 Å². The van der Waals surface area contributed by atoms with E-state index < -0.39 is 0 Å². The minimum Gasteiger partial charge on any atom is -0.384 e. The Morgan fingerprint density at radius 2 is 1.42 bits per heavy atom. The number of anilines is 1. The summed E-state index contributed by atoms with van der Waals surface area (Å²) in [7, 11) is 0. The fraction of sp³-hybridized carbons (Fsp3) is 0.812. The average Bonchev–Trinajstić information content (AvgIpc) is 2.39. The van der Waals surface area contributed by atoms with Crippen LogP contribution < -0.4 is 5.73 Å². The molecule has 0 unspecified atom stereocenters. The molecule has 3 nitrogen and oxygen atoms in total. The van der Waals surface area contributed by atoms with Gasteiger partial charge in [-0.2, -0.15) is 0 Å². The molecule has 19 heavy (non-hydrogen) atoms. The van der Waals surface area contributed by atoms with E-state index in [2.05, 4.69) is 66.9 Å². The molecule has 1 aromatic rings. The van der Waals surface area contributed by atoms with Crippen molar-refractivity contribution in [3.05, 3.63) is 11.5 Å². The molecule has 0 atom stereocenters. The summed E-state index contributed by atoms with van der Waals surface area (Å²) in [6.45, 7) is 19.8. The number of imidazole rings is 1. The van der Waals surface area contributed by atoms with Gasteiger partial charge < -0.3 is 10.3 Å². The van der Waals surface area contributed by atoms with Gasteiger partial charge in [0.15, 0.2) is 0 Å². The van der Waals surface area contributed by atoms with Gasteiger partial charge in [0.25, 0.3) is 0 Å². The second-order valence-electron chi connectivity index (χ2n) is 8.76. The van der Waals surface area contributed by atoms with Crippen molar-refractivity contribution in [1.29, 1.82) is 0 Å². The Balaban J connectivity index is 3.45. The summed E-state index contributed by atoms with van der Waals surface area (Å²) >= 11 is 0. The van der Waals surface area contributed by atoms with Crippen LogP contribution in [0.2, 0.25) is 0 Å². The number of rotatable bonds is 1. The molecule has 0 bridgehead atoms. The molecule has 0 amide bonds. The quantitative estimate of drug-likeness (QED) is 0.830. The molecule has 0 saturated heterocycles. The first kappa shape index (κ1) is 16.1. The van der Waals surface area contributed by atoms with E-state index in [1.165, 1.54) is 0 Å². The van der Waals surface area contributed by atoms with Gasteiger partial charge in [-0.3, -0.25) is 0 Å². The van der Waals surface area contributed by atoms with Crippen LogP contribution in [0.3, 0.4) is 0 Å². The molecule has 1 aromatic heterocycles. The van der Waals surface area contributed by atoms with Crippen LogP contribution in [0.25, 0.3) is 0 Å². The maximum Gasteiger partial charge on any atom is 0.127 e. The van der Waals surface area contributed by atoms with E-state index in [1.54, 1.807) is 0 Å². The predicted molar refractivity (Wildman–Crippen MR) is 83.5 cm³/mol. The lowest BCUT2D eigenvalue weighted by molar-refractivity contribution is 0.359. The monoisotopic (exact) mass is 265 g/mol. The van der Waals surface area contributed by atoms with Gasteiger partial charge in [0.1, 0.15) is 11.6 Å². The summed E-state index contributed by atoms with van der Waals surface area (Å²) < 4.78 is 2.20. The van der Waals surface area contributed by atoms with E-state index in [4.69, 9.17) is 10.7 Å². The van der Waals surface area contributed by atoms with E-state index in [1.807, 2.05) is 0 Å². The Hall–Kier alpha value is -0.990. The molecule has 2 N–H and O–H groups in total. The van der Waals surface area contributed by atoms with Crippen LogP contribution in [0.1, 0.15) is 73.8 Å². The van der Waals surface area contributed by atoms with Crippen molar-refractivity contribution >= 4 is 5.82 Å². The van der Waals surface area contributed by atoms with Crippen molar-refractivity contribution in [2.45, 2.75) is 79.7 Å². The standard InChI is InChI=1S/C16H31N3/c1-14(2,3)10-11-12(17)19(16(7,8)9)13(18-11)15(4,5)6/h10,17H2,1-9H3. The Morgan fingerprint density at radius 3 is 1.68 bits per heavy atom. The summed E-state index contributed by atoms with van der Waals surface area (Å²) in [6.07, 6.45) is 0.908. The predicted octanol–water partition coefficient (Wildman–Crippen LogP) is 4.11. The van der Waals surface area contributed by atoms with Crippen LogP contribution in [0.15, 0.2) is 0 Å². The topological polar surface area (TPSA) is 43.8 Å². The normalized spacial score (nSPS) is 13.9. The third-order valence-corrected chi connectivity index (χ3v) is 3.03. The van der Waals surface area contributed by atoms with E-state index in [9.17, 15) is 0 Å². The van der Waals surface area contributed by atoms with Gasteiger partial charge in [-0.05, 0) is 32.6 Å². The second kappa shape index (κ2) is 4.53. The van der Waals surface area contributed by atoms with Crippen molar-refractivity contribution in [1.82, 2.24) is 9.55 Å². The third-order valence-electron chi connectivity index (χ3n) is 3.03. The summed E-state index contributed by atoms with van der Waals surface area (Å²) in [5, 5.41) is 0. The highest BCUT2D eigenvalue weighted by Gasteiger charge is 2.31. The smallest absolute Gasteiger partial charge is 0.127 e. The molecular weight excluding hydrogens is 234 g/mol. The minimum absolute atomic E-state index is 0.00245. The first-order valence-corrected chi connectivity index (χ1v) is 7.11. The van der Waals surface area contributed by atoms with Gasteiger partial charge in [-0.25, -0.2) is 4.98 Å². The summed E-state index contributed by atoms with van der Waals surface area (Å²) in [5.74, 6) is 1.91. The highest BCUT2D eigenvalue weighted by molar-refractivity contribution is 5.41. The summed E-state index contributed by atoms with van der Waals surface area (Å²) in [4.78, 5) is 4.87. The Bertz CT molecular complexity index is 448. The zero-order valence-electron chi connectivity index (χ0n) is 14.2. The Morgan fingerprint density at radius 1 is 0.947 bits per heavy atom. The average molecular weight is 265 g/mol.